The van der Waals surface area contributed by atoms with Crippen molar-refractivity contribution < 1.29 is 82.3 Å². The highest BCUT2D eigenvalue weighted by atomic mass is 35.5. The number of esters is 1. The molecule has 26 nitrogen and oxygen atoms in total. The van der Waals surface area contributed by atoms with Gasteiger partial charge in [-0.05, 0) is 147 Å². The summed E-state index contributed by atoms with van der Waals surface area (Å²) in [5.41, 5.74) is 0.716. The summed E-state index contributed by atoms with van der Waals surface area (Å²) >= 11 is 10.8. The zero-order chi connectivity index (χ0) is 85.3. The Morgan fingerprint density at radius 2 is 1.53 bits per heavy atom. The number of epoxide rings is 1. The average molecular weight is 1670 g/mol. The minimum atomic E-state index is -1.92. The third-order valence-electron chi connectivity index (χ3n) is 23.3. The average Bonchev–Trinajstić information content (AvgIpc) is 1.57. The number of halogens is 1. The summed E-state index contributed by atoms with van der Waals surface area (Å²) in [6.45, 7) is 24.4. The lowest BCUT2D eigenvalue weighted by Gasteiger charge is -2.42. The Morgan fingerprint density at radius 1 is 0.896 bits per heavy atom. The van der Waals surface area contributed by atoms with E-state index >= 15 is 0 Å². The summed E-state index contributed by atoms with van der Waals surface area (Å²) in [7, 11) is 6.71. The fourth-order valence-corrected chi connectivity index (χ4v) is 17.3. The predicted octanol–water partition coefficient (Wildman–Crippen LogP) is 11.5. The standard InChI is InChI=1S/C85H120ClN9O17S3/c1-19-53(6)65(79(104)93(18)67(50(2)3)39-55(8)78-88-66(48-115-78)77(103)87-62(38-56(9)80(105)106)40-59-27-25-51(4)26-28-59)42-70(99)83(12,13)91(16)33-29-64(98)46-95-73(101)31-35-114-49-113-34-30-72(100)94(95)45-63(97)24-21-32-90(15)58(11)81(107)111-71-43-74(102)92(17)68-41-60(37-54(7)75(68)86)36-52(5)22-20-23-61(47-96)85(109)44-69(110-82(108)89-85)57(10)76-84(71,14)112-76/h20,22-23,25-28,30-31,34-35,37,41,48,50,53,55-58,61-62,65,67,69,71,76,96,109H,19,21,24,29,32-33,36,38-40,42-47,49H2,1-18H3,(H,87,103)(H,89,108)(H,105,106)/b23-20+,34-30?,35-31?,52-22+/t53?,55-,56?,57-,58+,61+,62-,65+,67-,69?,71+,76-,84-,85+/m1/s1. The molecule has 30 heteroatoms. The number of aryl methyl sites for hydroxylation is 2. The molecule has 4 aliphatic rings. The van der Waals surface area contributed by atoms with Crippen LogP contribution in [0.3, 0.4) is 0 Å². The molecule has 3 unspecified atom stereocenters. The van der Waals surface area contributed by atoms with Crippen molar-refractivity contribution in [3.05, 3.63) is 127 Å². The quantitative estimate of drug-likeness (QED) is 0.0274. The summed E-state index contributed by atoms with van der Waals surface area (Å²) in [4.78, 5) is 165. The number of ketones is 3. The fraction of sp³-hybridized carbons (Fsp3) is 0.600. The number of aliphatic hydroxyl groups is 2. The number of fused-ring (bicyclic) bond motifs is 5. The van der Waals surface area contributed by atoms with Gasteiger partial charge in [-0.2, -0.15) is 0 Å². The molecule has 5 N–H and O–H groups in total. The summed E-state index contributed by atoms with van der Waals surface area (Å²) in [6, 6.07) is 9.91. The minimum absolute atomic E-state index is 0.0160. The highest BCUT2D eigenvalue weighted by Gasteiger charge is 2.64. The molecule has 0 saturated carbocycles. The number of Topliss-reactive ketones (excluding diaryl/α,β-unsaturated/α-hetero) is 3. The Morgan fingerprint density at radius 3 is 2.14 bits per heavy atom. The summed E-state index contributed by atoms with van der Waals surface area (Å²) in [5, 5.41) is 46.0. The molecule has 6 amide bonds. The monoisotopic (exact) mass is 1670 g/mol. The van der Waals surface area contributed by atoms with Gasteiger partial charge in [0.15, 0.2) is 23.1 Å². The van der Waals surface area contributed by atoms with Gasteiger partial charge in [-0.3, -0.25) is 63.1 Å². The van der Waals surface area contributed by atoms with Crippen LogP contribution in [-0.4, -0.2) is 229 Å². The Bertz CT molecular complexity index is 4110. The molecular formula is C85H120ClN9O17S3. The van der Waals surface area contributed by atoms with E-state index in [2.05, 4.69) is 10.6 Å². The van der Waals surface area contributed by atoms with Crippen LogP contribution in [0.25, 0.3) is 0 Å². The van der Waals surface area contributed by atoms with Crippen molar-refractivity contribution in [2.75, 3.05) is 71.0 Å². The van der Waals surface area contributed by atoms with Crippen molar-refractivity contribution in [2.45, 2.75) is 227 Å². The number of hydrogen-bond acceptors (Lipinski definition) is 22. The van der Waals surface area contributed by atoms with Crippen LogP contribution in [0.2, 0.25) is 5.02 Å². The number of ether oxygens (including phenoxy) is 3. The number of aromatic nitrogens is 1. The zero-order valence-corrected chi connectivity index (χ0v) is 73.1. The lowest BCUT2D eigenvalue weighted by atomic mass is 9.81. The van der Waals surface area contributed by atoms with Gasteiger partial charge < -0.3 is 44.6 Å². The number of aliphatic carboxylic acids is 1. The Labute approximate surface area is 695 Å². The number of benzene rings is 2. The first-order valence-corrected chi connectivity index (χ1v) is 43.0. The zero-order valence-electron chi connectivity index (χ0n) is 69.9. The van der Waals surface area contributed by atoms with Crippen LogP contribution in [0.15, 0.2) is 88.5 Å². The second kappa shape index (κ2) is 42.2. The fourth-order valence-electron chi connectivity index (χ4n) is 14.8. The highest BCUT2D eigenvalue weighted by Crippen LogP contribution is 2.50. The van der Waals surface area contributed by atoms with Gasteiger partial charge in [0.1, 0.15) is 42.6 Å². The number of carbonyl (C=O) groups is 11. The van der Waals surface area contributed by atoms with Gasteiger partial charge in [-0.25, -0.2) is 19.8 Å². The van der Waals surface area contributed by atoms with Gasteiger partial charge in [0.2, 0.25) is 11.8 Å². The lowest BCUT2D eigenvalue weighted by molar-refractivity contribution is -0.161. The number of thiazole rings is 1. The molecule has 14 atom stereocenters. The number of hydrogen-bond donors (Lipinski definition) is 5. The van der Waals surface area contributed by atoms with Crippen molar-refractivity contribution in [1.82, 2.24) is 40.3 Å². The number of amides is 6. The number of carbonyl (C=O) groups excluding carboxylic acids is 10. The van der Waals surface area contributed by atoms with Crippen LogP contribution < -0.4 is 15.5 Å². The topological polar surface area (TPSA) is 336 Å². The van der Waals surface area contributed by atoms with Crippen LogP contribution in [0.5, 0.6) is 0 Å². The van der Waals surface area contributed by atoms with Crippen molar-refractivity contribution in [3.63, 3.8) is 0 Å². The normalized spacial score (nSPS) is 23.8. The largest absolute Gasteiger partial charge is 0.481 e. The number of alkyl carbamates (subject to hydrolysis) is 1. The number of carboxylic acids is 1. The van der Waals surface area contributed by atoms with Gasteiger partial charge in [0.05, 0.1) is 46.3 Å². The highest BCUT2D eigenvalue weighted by molar-refractivity contribution is 8.18. The van der Waals surface area contributed by atoms with Gasteiger partial charge in [0.25, 0.3) is 17.7 Å². The molecule has 4 aliphatic heterocycles. The van der Waals surface area contributed by atoms with Crippen molar-refractivity contribution in [3.8, 4) is 0 Å². The van der Waals surface area contributed by atoms with E-state index in [0.717, 1.165) is 32.3 Å². The van der Waals surface area contributed by atoms with Gasteiger partial charge in [-0.15, -0.1) is 34.9 Å². The lowest BCUT2D eigenvalue weighted by Crippen LogP contribution is -2.62. The van der Waals surface area contributed by atoms with E-state index in [1.165, 1.54) is 51.9 Å². The molecule has 7 rings (SSSR count). The van der Waals surface area contributed by atoms with Crippen LogP contribution in [0.1, 0.15) is 185 Å². The van der Waals surface area contributed by atoms with Gasteiger partial charge in [0, 0.05) is 105 Å². The third-order valence-corrected chi connectivity index (χ3v) is 26.6. The Hall–Kier alpha value is -7.61. The third kappa shape index (κ3) is 25.5. The number of anilines is 1. The number of allylic oxidation sites excluding steroid dienone is 3. The first-order valence-electron chi connectivity index (χ1n) is 39.6. The molecule has 1 aromatic heterocycles. The van der Waals surface area contributed by atoms with Gasteiger partial charge in [-0.1, -0.05) is 126 Å². The molecule has 0 spiro atoms. The number of thioether (sulfide) groups is 2. The van der Waals surface area contributed by atoms with E-state index in [0.29, 0.717) is 52.0 Å². The summed E-state index contributed by atoms with van der Waals surface area (Å²) in [5.74, 6) is -8.73. The van der Waals surface area contributed by atoms with E-state index in [4.69, 9.17) is 30.8 Å². The maximum absolute atomic E-state index is 14.9. The first kappa shape index (κ1) is 94.5. The van der Waals surface area contributed by atoms with E-state index in [-0.39, 0.29) is 99.2 Å². The molecule has 2 aromatic carbocycles. The summed E-state index contributed by atoms with van der Waals surface area (Å²) < 4.78 is 18.5. The molecule has 3 aromatic rings. The van der Waals surface area contributed by atoms with E-state index in [9.17, 15) is 68.1 Å². The SMILES string of the molecule is CCC(C)[C@H](CC(=O)C(C)(C)N(C)CCC(=O)CN1C(=O)C=CSCSC=CC(=O)N1CC(=O)CCCN(C)[C@@H](C)C(=O)O[C@H]1CC(=O)N(C)c2cc(cc(C)c2Cl)C/C(C)=C/C=C/[C@@H](CO)[C@@]2(O)CC(OC(=O)N2)[C@@H](C)[C@H]2O[C@]12C)C(=O)N(C)[C@H](C[C@@H](C)c1nc(C(=O)N[C@@H](Cc2ccc(C)cc2)CC(C)C(=O)O)cs1)C(C)C. The number of rotatable bonds is 34. The smallest absolute Gasteiger partial charge is 0.409 e. The molecule has 0 radical (unpaired) electrons. The first-order chi connectivity index (χ1) is 54.0. The van der Waals surface area contributed by atoms with Crippen molar-refractivity contribution in [1.29, 1.82) is 0 Å². The molecule has 5 heterocycles. The minimum Gasteiger partial charge on any atom is -0.481 e. The second-order valence-corrected chi connectivity index (χ2v) is 36.2. The van der Waals surface area contributed by atoms with Crippen molar-refractivity contribution >= 4 is 117 Å². The number of nitrogens with zero attached hydrogens (tertiary/aromatic N) is 7. The molecule has 2 fully saturated rings. The van der Waals surface area contributed by atoms with Crippen LogP contribution in [0, 0.1) is 49.4 Å². The van der Waals surface area contributed by atoms with E-state index in [1.54, 1.807) is 113 Å². The Balaban J connectivity index is 0.974. The number of nitrogens with one attached hydrogen (secondary N) is 2. The van der Waals surface area contributed by atoms with Crippen LogP contribution in [-0.2, 0) is 70.2 Å². The number of likely N-dealkylation sites (N-methyl/N-ethyl adjacent to an activating group) is 2. The molecule has 115 heavy (non-hydrogen) atoms. The van der Waals surface area contributed by atoms with Gasteiger partial charge >= 0.3 is 18.0 Å². The molecular weight excluding hydrogens is 1550 g/mol. The molecule has 2 saturated heterocycles. The Kier molecular flexibility index (Phi) is 34.7. The van der Waals surface area contributed by atoms with E-state index < -0.39 is 144 Å². The molecule has 4 bridgehead atoms. The second-order valence-electron chi connectivity index (χ2n) is 32.8. The maximum Gasteiger partial charge on any atom is 0.409 e. The maximum atomic E-state index is 14.9. The number of aliphatic hydroxyl groups excluding tert-OH is 1. The molecule has 0 aliphatic carbocycles. The predicted molar refractivity (Wildman–Crippen MR) is 448 cm³/mol. The number of carboxylic acid groups (broad SMARTS) is 1. The van der Waals surface area contributed by atoms with Crippen molar-refractivity contribution in [2.24, 2.45) is 35.5 Å². The van der Waals surface area contributed by atoms with Crippen LogP contribution in [0.4, 0.5) is 10.5 Å². The number of hydrazine groups is 1. The van der Waals surface area contributed by atoms with Crippen LogP contribution >= 0.6 is 46.5 Å². The molecule has 632 valence electrons. The van der Waals surface area contributed by atoms with E-state index in [1.807, 2.05) is 97.9 Å². The summed E-state index contributed by atoms with van der Waals surface area (Å²) in [6.07, 6.45) is 5.26.